The fourth-order valence-electron chi connectivity index (χ4n) is 3.57. The van der Waals surface area contributed by atoms with E-state index >= 15 is 0 Å². The van der Waals surface area contributed by atoms with Gasteiger partial charge in [-0.2, -0.15) is 9.97 Å². The highest BCUT2D eigenvalue weighted by Gasteiger charge is 2.33. The quantitative estimate of drug-likeness (QED) is 0.172. The number of halogens is 1. The monoisotopic (exact) mass is 558 g/mol. The molecule has 14 nitrogen and oxygen atoms in total. The number of nitrogens with one attached hydrogen (secondary N) is 3. The number of nitrogen functional groups attached to an aromatic ring is 1. The molecule has 2 aromatic heterocycles. The van der Waals surface area contributed by atoms with E-state index in [-0.39, 0.29) is 25.7 Å². The third kappa shape index (κ3) is 8.06. The molecule has 0 unspecified atom stereocenters. The van der Waals surface area contributed by atoms with Crippen molar-refractivity contribution >= 4 is 42.3 Å². The van der Waals surface area contributed by atoms with Crippen molar-refractivity contribution in [3.63, 3.8) is 0 Å². The number of carbonyl (C=O) groups is 2. The van der Waals surface area contributed by atoms with Gasteiger partial charge in [-0.1, -0.05) is 0 Å². The summed E-state index contributed by atoms with van der Waals surface area (Å²) in [5, 5.41) is 8.58. The Morgan fingerprint density at radius 2 is 1.76 bits per heavy atom. The maximum absolute atomic E-state index is 14.0. The fraction of sp³-hybridized carbons (Fsp3) is 0.682. The van der Waals surface area contributed by atoms with Crippen LogP contribution in [-0.2, 0) is 34.9 Å². The molecule has 5 N–H and O–H groups in total. The second-order valence-electron chi connectivity index (χ2n) is 8.94. The molecule has 0 bridgehead atoms. The van der Waals surface area contributed by atoms with E-state index in [0.29, 0.717) is 23.0 Å². The summed E-state index contributed by atoms with van der Waals surface area (Å²) in [7, 11) is -3.79. The number of hydrogen-bond acceptors (Lipinski definition) is 11. The van der Waals surface area contributed by atoms with Crippen LogP contribution in [-0.4, -0.2) is 81.9 Å². The minimum Gasteiger partial charge on any atom is -0.465 e. The van der Waals surface area contributed by atoms with E-state index in [1.807, 2.05) is 0 Å². The molecular formula is C22H36FN8O6P. The van der Waals surface area contributed by atoms with Crippen molar-refractivity contribution < 1.29 is 32.8 Å². The van der Waals surface area contributed by atoms with Crippen LogP contribution in [0.25, 0.3) is 11.2 Å². The lowest BCUT2D eigenvalue weighted by molar-refractivity contribution is -0.145. The predicted molar refractivity (Wildman–Crippen MR) is 138 cm³/mol. The van der Waals surface area contributed by atoms with Crippen molar-refractivity contribution in [1.82, 2.24) is 29.7 Å². The smallest absolute Gasteiger partial charge is 0.323 e. The van der Waals surface area contributed by atoms with Crippen molar-refractivity contribution in [2.45, 2.75) is 71.3 Å². The number of rotatable bonds is 16. The van der Waals surface area contributed by atoms with Gasteiger partial charge in [0.1, 0.15) is 31.2 Å². The summed E-state index contributed by atoms with van der Waals surface area (Å²) in [5.41, 5.74) is 6.76. The van der Waals surface area contributed by atoms with Crippen LogP contribution in [0.2, 0.25) is 0 Å². The van der Waals surface area contributed by atoms with Crippen molar-refractivity contribution in [3.8, 4) is 0 Å². The molecule has 1 aliphatic carbocycles. The molecule has 1 saturated carbocycles. The minimum atomic E-state index is -3.79. The van der Waals surface area contributed by atoms with Gasteiger partial charge in [0.2, 0.25) is 13.4 Å². The molecule has 0 amide bonds. The summed E-state index contributed by atoms with van der Waals surface area (Å²) in [4.78, 5) is 37.1. The van der Waals surface area contributed by atoms with Gasteiger partial charge in [0.05, 0.1) is 26.1 Å². The predicted octanol–water partition coefficient (Wildman–Crippen LogP) is 1.57. The largest absolute Gasteiger partial charge is 0.465 e. The van der Waals surface area contributed by atoms with E-state index in [0.717, 1.165) is 12.8 Å². The molecule has 1 aliphatic rings. The van der Waals surface area contributed by atoms with E-state index in [2.05, 4.69) is 30.4 Å². The second-order valence-corrected chi connectivity index (χ2v) is 11.2. The van der Waals surface area contributed by atoms with Gasteiger partial charge < -0.3 is 29.8 Å². The van der Waals surface area contributed by atoms with E-state index in [1.54, 1.807) is 18.4 Å². The number of aromatic nitrogens is 4. The number of nitrogens with zero attached hydrogens (tertiary/aromatic N) is 4. The Kier molecular flexibility index (Phi) is 10.4. The molecule has 3 rings (SSSR count). The molecular weight excluding hydrogens is 522 g/mol. The lowest BCUT2D eigenvalue weighted by Gasteiger charge is -2.27. The maximum Gasteiger partial charge on any atom is 0.323 e. The van der Waals surface area contributed by atoms with Crippen LogP contribution < -0.4 is 21.2 Å². The van der Waals surface area contributed by atoms with Gasteiger partial charge in [0.15, 0.2) is 17.0 Å². The van der Waals surface area contributed by atoms with E-state index in [4.69, 9.17) is 19.9 Å². The third-order valence-corrected chi connectivity index (χ3v) is 7.67. The number of imidazole rings is 1. The number of esters is 2. The second kappa shape index (κ2) is 13.3. The first kappa shape index (κ1) is 29.7. The lowest BCUT2D eigenvalue weighted by atomic mass is 10.4. The summed E-state index contributed by atoms with van der Waals surface area (Å²) in [6, 6.07) is -1.68. The Morgan fingerprint density at radius 1 is 1.16 bits per heavy atom. The Bertz CT molecular complexity index is 1130. The average Bonchev–Trinajstić information content (AvgIpc) is 3.59. The molecule has 2 aromatic rings. The molecule has 3 atom stereocenters. The highest BCUT2D eigenvalue weighted by molar-refractivity contribution is 7.59. The Morgan fingerprint density at radius 3 is 2.29 bits per heavy atom. The lowest BCUT2D eigenvalue weighted by Crippen LogP contribution is -2.43. The summed E-state index contributed by atoms with van der Waals surface area (Å²) in [6.07, 6.45) is 1.93. The van der Waals surface area contributed by atoms with E-state index in [1.165, 1.54) is 20.2 Å². The molecule has 0 radical (unpaired) electrons. The van der Waals surface area contributed by atoms with Gasteiger partial charge in [0.25, 0.3) is 0 Å². The van der Waals surface area contributed by atoms with Crippen LogP contribution in [0.5, 0.6) is 0 Å². The zero-order valence-corrected chi connectivity index (χ0v) is 22.9. The average molecular weight is 559 g/mol. The summed E-state index contributed by atoms with van der Waals surface area (Å²) in [6.45, 7) is 5.53. The van der Waals surface area contributed by atoms with Crippen LogP contribution in [0.3, 0.4) is 0 Å². The number of fused-ring (bicyclic) bond motifs is 1. The van der Waals surface area contributed by atoms with Gasteiger partial charge in [-0.05, 0) is 40.5 Å². The van der Waals surface area contributed by atoms with Crippen LogP contribution in [0, 0.1) is 0 Å². The molecule has 16 heteroatoms. The fourth-order valence-corrected chi connectivity index (χ4v) is 5.68. The van der Waals surface area contributed by atoms with E-state index < -0.39 is 50.6 Å². The van der Waals surface area contributed by atoms with Crippen LogP contribution >= 0.6 is 7.44 Å². The SMILES string of the molecule is CCOC(=O)[C@H](C)NP(=O)(CO[C@H](CF)Cn1cnc2c(NC3CC3)nc(N)nc21)N[C@@H](C)C(=O)OCC. The van der Waals surface area contributed by atoms with Gasteiger partial charge in [-0.3, -0.25) is 14.2 Å². The number of carbonyl (C=O) groups excluding carboxylic acids is 2. The van der Waals surface area contributed by atoms with Crippen molar-refractivity contribution in [2.24, 2.45) is 0 Å². The highest BCUT2D eigenvalue weighted by Crippen LogP contribution is 2.38. The number of nitrogens with two attached hydrogens (primary N) is 1. The van der Waals surface area contributed by atoms with Crippen molar-refractivity contribution in [2.75, 3.05) is 37.3 Å². The summed E-state index contributed by atoms with van der Waals surface area (Å²) < 4.78 is 45.0. The third-order valence-electron chi connectivity index (χ3n) is 5.55. The normalized spacial score (nSPS) is 16.1. The number of anilines is 2. The van der Waals surface area contributed by atoms with Crippen molar-refractivity contribution in [3.05, 3.63) is 6.33 Å². The molecule has 1 fully saturated rings. The first-order valence-electron chi connectivity index (χ1n) is 12.5. The first-order chi connectivity index (χ1) is 18.1. The van der Waals surface area contributed by atoms with Crippen LogP contribution in [0.15, 0.2) is 6.33 Å². The number of hydrogen-bond donors (Lipinski definition) is 4. The maximum atomic E-state index is 14.0. The van der Waals surface area contributed by atoms with Gasteiger partial charge >= 0.3 is 11.9 Å². The van der Waals surface area contributed by atoms with Crippen LogP contribution in [0.4, 0.5) is 16.2 Å². The van der Waals surface area contributed by atoms with Gasteiger partial charge in [0, 0.05) is 6.04 Å². The topological polar surface area (TPSA) is 185 Å². The van der Waals surface area contributed by atoms with E-state index in [9.17, 15) is 18.5 Å². The van der Waals surface area contributed by atoms with Gasteiger partial charge in [-0.15, -0.1) is 0 Å². The first-order valence-corrected chi connectivity index (χ1v) is 14.4. The number of alkyl halides is 1. The zero-order chi connectivity index (χ0) is 27.9. The van der Waals surface area contributed by atoms with Crippen molar-refractivity contribution in [1.29, 1.82) is 0 Å². The van der Waals surface area contributed by atoms with Gasteiger partial charge in [-0.25, -0.2) is 19.5 Å². The molecule has 212 valence electrons. The highest BCUT2D eigenvalue weighted by atomic mass is 31.2. The Labute approximate surface area is 220 Å². The summed E-state index contributed by atoms with van der Waals surface area (Å²) in [5.74, 6) is -0.736. The standard InChI is InChI=1S/C22H36FN8O6P/c1-5-35-20(32)13(3)29-38(34,30-14(4)21(33)36-6-2)12-37-16(9-23)10-31-11-25-17-18(26-15-7-8-15)27-22(24)28-19(17)31/h11,13-16H,5-10,12H2,1-4H3,(H2,29,30,34)(H3,24,26,27,28)/t13-,14-,16+/m0/s1. The molecule has 2 heterocycles. The molecule has 0 spiro atoms. The zero-order valence-electron chi connectivity index (χ0n) is 22.0. The van der Waals surface area contributed by atoms with Crippen LogP contribution in [0.1, 0.15) is 40.5 Å². The number of ether oxygens (including phenoxy) is 3. The molecule has 0 aliphatic heterocycles. The summed E-state index contributed by atoms with van der Waals surface area (Å²) >= 11 is 0. The minimum absolute atomic E-state index is 0.0207. The molecule has 38 heavy (non-hydrogen) atoms. The molecule has 0 aromatic carbocycles. The Balaban J connectivity index is 1.74. The molecule has 0 saturated heterocycles. The Hall–Kier alpha value is -2.87.